The molecule has 2 aromatic rings. The van der Waals surface area contributed by atoms with Gasteiger partial charge in [0.05, 0.1) is 0 Å². The number of benzene rings is 2. The summed E-state index contributed by atoms with van der Waals surface area (Å²) in [7, 11) is 0. The summed E-state index contributed by atoms with van der Waals surface area (Å²) >= 11 is 0. The van der Waals surface area contributed by atoms with E-state index >= 15 is 0 Å². The fraction of sp³-hybridized carbons (Fsp3) is 0.500. The van der Waals surface area contributed by atoms with E-state index in [-0.39, 0.29) is 0 Å². The van der Waals surface area contributed by atoms with E-state index in [0.29, 0.717) is 18.0 Å². The molecule has 0 aliphatic carbocycles. The lowest BCUT2D eigenvalue weighted by Crippen LogP contribution is -2.50. The van der Waals surface area contributed by atoms with Crippen LogP contribution in [0.15, 0.2) is 48.5 Å². The van der Waals surface area contributed by atoms with Crippen LogP contribution in [-0.2, 0) is 6.54 Å². The first kappa shape index (κ1) is 19.1. The Morgan fingerprint density at radius 3 is 2.27 bits per heavy atom. The standard InChI is InChI=1S/C24H34N2/c1-18(2)22-8-6-7-9-23(22)24-17-25(14-15-26(24)19(3)4)16-21-12-10-20(5)11-13-21/h6-13,18-19,24H,14-17H2,1-5H3. The summed E-state index contributed by atoms with van der Waals surface area (Å²) in [6.07, 6.45) is 0. The van der Waals surface area contributed by atoms with Gasteiger partial charge in [0.25, 0.3) is 0 Å². The lowest BCUT2D eigenvalue weighted by atomic mass is 9.90. The smallest absolute Gasteiger partial charge is 0.0481 e. The van der Waals surface area contributed by atoms with Gasteiger partial charge in [-0.3, -0.25) is 9.80 Å². The molecule has 26 heavy (non-hydrogen) atoms. The highest BCUT2D eigenvalue weighted by Gasteiger charge is 2.31. The highest BCUT2D eigenvalue weighted by Crippen LogP contribution is 2.33. The molecule has 3 rings (SSSR count). The van der Waals surface area contributed by atoms with Gasteiger partial charge >= 0.3 is 0 Å². The van der Waals surface area contributed by atoms with Crippen LogP contribution in [0.4, 0.5) is 0 Å². The molecule has 1 unspecified atom stereocenters. The molecule has 0 aromatic heterocycles. The van der Waals surface area contributed by atoms with Gasteiger partial charge in [0.2, 0.25) is 0 Å². The first-order valence-electron chi connectivity index (χ1n) is 10.1. The minimum Gasteiger partial charge on any atom is -0.296 e. The van der Waals surface area contributed by atoms with Crippen molar-refractivity contribution in [1.29, 1.82) is 0 Å². The van der Waals surface area contributed by atoms with Crippen molar-refractivity contribution in [3.63, 3.8) is 0 Å². The summed E-state index contributed by atoms with van der Waals surface area (Å²) < 4.78 is 0. The van der Waals surface area contributed by atoms with E-state index in [4.69, 9.17) is 0 Å². The molecule has 1 aliphatic heterocycles. The Morgan fingerprint density at radius 2 is 1.62 bits per heavy atom. The zero-order valence-corrected chi connectivity index (χ0v) is 17.1. The molecule has 2 nitrogen and oxygen atoms in total. The fourth-order valence-electron chi connectivity index (χ4n) is 4.18. The number of rotatable bonds is 5. The third-order valence-electron chi connectivity index (χ3n) is 5.67. The van der Waals surface area contributed by atoms with Crippen molar-refractivity contribution in [3.8, 4) is 0 Å². The van der Waals surface area contributed by atoms with Crippen molar-refractivity contribution < 1.29 is 0 Å². The van der Waals surface area contributed by atoms with Crippen LogP contribution in [0.3, 0.4) is 0 Å². The molecule has 0 radical (unpaired) electrons. The second-order valence-electron chi connectivity index (χ2n) is 8.35. The Labute approximate surface area is 159 Å². The molecule has 1 fully saturated rings. The number of hydrogen-bond donors (Lipinski definition) is 0. The predicted molar refractivity (Wildman–Crippen MR) is 112 cm³/mol. The maximum absolute atomic E-state index is 2.69. The van der Waals surface area contributed by atoms with Gasteiger partial charge in [-0.15, -0.1) is 0 Å². The van der Waals surface area contributed by atoms with Crippen LogP contribution in [0.1, 0.15) is 61.9 Å². The molecule has 1 saturated heterocycles. The first-order chi connectivity index (χ1) is 12.5. The number of hydrogen-bond acceptors (Lipinski definition) is 2. The normalized spacial score (nSPS) is 19.4. The van der Waals surface area contributed by atoms with Crippen molar-refractivity contribution in [2.45, 2.75) is 59.2 Å². The van der Waals surface area contributed by atoms with Gasteiger partial charge in [0, 0.05) is 38.3 Å². The van der Waals surface area contributed by atoms with Crippen LogP contribution in [0.25, 0.3) is 0 Å². The zero-order valence-electron chi connectivity index (χ0n) is 17.1. The third-order valence-corrected chi connectivity index (χ3v) is 5.67. The van der Waals surface area contributed by atoms with Gasteiger partial charge in [-0.05, 0) is 43.4 Å². The van der Waals surface area contributed by atoms with Gasteiger partial charge in [-0.25, -0.2) is 0 Å². The van der Waals surface area contributed by atoms with E-state index in [1.807, 2.05) is 0 Å². The summed E-state index contributed by atoms with van der Waals surface area (Å²) in [5.41, 5.74) is 5.77. The summed E-state index contributed by atoms with van der Waals surface area (Å²) in [5, 5.41) is 0. The average molecular weight is 351 g/mol. The quantitative estimate of drug-likeness (QED) is 0.714. The van der Waals surface area contributed by atoms with Crippen LogP contribution in [-0.4, -0.2) is 35.5 Å². The van der Waals surface area contributed by atoms with Gasteiger partial charge in [0.1, 0.15) is 0 Å². The summed E-state index contributed by atoms with van der Waals surface area (Å²) in [4.78, 5) is 5.32. The van der Waals surface area contributed by atoms with E-state index < -0.39 is 0 Å². The molecule has 0 amide bonds. The van der Waals surface area contributed by atoms with Crippen LogP contribution in [0.2, 0.25) is 0 Å². The minimum absolute atomic E-state index is 0.479. The third kappa shape index (κ3) is 4.36. The SMILES string of the molecule is Cc1ccc(CN2CCN(C(C)C)C(c3ccccc3C(C)C)C2)cc1. The molecule has 0 bridgehead atoms. The van der Waals surface area contributed by atoms with Gasteiger partial charge in [-0.2, -0.15) is 0 Å². The molecule has 0 spiro atoms. The highest BCUT2D eigenvalue weighted by molar-refractivity contribution is 5.33. The van der Waals surface area contributed by atoms with E-state index in [1.165, 1.54) is 22.3 Å². The second kappa shape index (κ2) is 8.37. The maximum Gasteiger partial charge on any atom is 0.0481 e. The lowest BCUT2D eigenvalue weighted by Gasteiger charge is -2.44. The summed E-state index contributed by atoms with van der Waals surface area (Å²) in [6.45, 7) is 15.9. The molecule has 0 N–H and O–H groups in total. The fourth-order valence-corrected chi connectivity index (χ4v) is 4.18. The Hall–Kier alpha value is -1.64. The van der Waals surface area contributed by atoms with E-state index in [2.05, 4.69) is 92.9 Å². The number of aryl methyl sites for hydroxylation is 1. The van der Waals surface area contributed by atoms with Crippen molar-refractivity contribution >= 4 is 0 Å². The zero-order chi connectivity index (χ0) is 18.7. The lowest BCUT2D eigenvalue weighted by molar-refractivity contribution is 0.0463. The molecule has 2 heteroatoms. The number of piperazine rings is 1. The molecule has 1 aliphatic rings. The van der Waals surface area contributed by atoms with Crippen LogP contribution < -0.4 is 0 Å². The van der Waals surface area contributed by atoms with Crippen LogP contribution in [0, 0.1) is 6.92 Å². The molecular weight excluding hydrogens is 316 g/mol. The summed E-state index contributed by atoms with van der Waals surface area (Å²) in [5.74, 6) is 0.563. The Bertz CT molecular complexity index is 702. The molecule has 1 heterocycles. The molecule has 140 valence electrons. The van der Waals surface area contributed by atoms with Crippen molar-refractivity contribution in [2.24, 2.45) is 0 Å². The Morgan fingerprint density at radius 1 is 0.923 bits per heavy atom. The van der Waals surface area contributed by atoms with Crippen LogP contribution >= 0.6 is 0 Å². The molecule has 0 saturated carbocycles. The minimum atomic E-state index is 0.479. The Kier molecular flexibility index (Phi) is 6.16. The van der Waals surface area contributed by atoms with E-state index in [9.17, 15) is 0 Å². The van der Waals surface area contributed by atoms with Gasteiger partial charge in [0.15, 0.2) is 0 Å². The molecular formula is C24H34N2. The topological polar surface area (TPSA) is 6.48 Å². The number of nitrogens with zero attached hydrogens (tertiary/aromatic N) is 2. The van der Waals surface area contributed by atoms with Gasteiger partial charge in [-0.1, -0.05) is 67.9 Å². The van der Waals surface area contributed by atoms with E-state index in [1.54, 1.807) is 0 Å². The van der Waals surface area contributed by atoms with Gasteiger partial charge < -0.3 is 0 Å². The maximum atomic E-state index is 2.69. The average Bonchev–Trinajstić information content (AvgIpc) is 2.63. The van der Waals surface area contributed by atoms with Crippen molar-refractivity contribution in [1.82, 2.24) is 9.80 Å². The summed E-state index contributed by atoms with van der Waals surface area (Å²) in [6, 6.07) is 19.1. The first-order valence-corrected chi connectivity index (χ1v) is 10.1. The molecule has 1 atom stereocenters. The van der Waals surface area contributed by atoms with Crippen molar-refractivity contribution in [3.05, 3.63) is 70.8 Å². The van der Waals surface area contributed by atoms with Crippen LogP contribution in [0.5, 0.6) is 0 Å². The highest BCUT2D eigenvalue weighted by atomic mass is 15.3. The van der Waals surface area contributed by atoms with Crippen molar-refractivity contribution in [2.75, 3.05) is 19.6 Å². The Balaban J connectivity index is 1.84. The largest absolute Gasteiger partial charge is 0.296 e. The monoisotopic (exact) mass is 350 g/mol. The van der Waals surface area contributed by atoms with E-state index in [0.717, 1.165) is 26.2 Å². The second-order valence-corrected chi connectivity index (χ2v) is 8.35. The predicted octanol–water partition coefficient (Wildman–Crippen LogP) is 5.39. The molecule has 2 aromatic carbocycles.